The molecule has 0 amide bonds. The van der Waals surface area contributed by atoms with Crippen molar-refractivity contribution in [3.63, 3.8) is 0 Å². The highest BCUT2D eigenvalue weighted by atomic mass is 79.9. The molecule has 0 fully saturated rings. The van der Waals surface area contributed by atoms with E-state index in [0.29, 0.717) is 6.42 Å². The van der Waals surface area contributed by atoms with Gasteiger partial charge in [-0.25, -0.2) is 0 Å². The van der Waals surface area contributed by atoms with Crippen LogP contribution in [0.25, 0.3) is 34.5 Å². The average Bonchev–Trinajstić information content (AvgIpc) is 2.93. The van der Waals surface area contributed by atoms with Gasteiger partial charge in [0.05, 0.1) is 13.2 Å². The fraction of sp³-hybridized carbons (Fsp3) is 0.188. The Morgan fingerprint density at radius 3 is 2.22 bits per heavy atom. The fourth-order valence-corrected chi connectivity index (χ4v) is 4.50. The quantitative estimate of drug-likeness (QED) is 0.159. The highest BCUT2D eigenvalue weighted by molar-refractivity contribution is 9.10. The third-order valence-corrected chi connectivity index (χ3v) is 7.00. The smallest absolute Gasteiger partial charge is 0.213 e. The number of unbranched alkanes of at least 4 members (excludes halogenated alkanes) is 1. The molecule has 4 nitrogen and oxygen atoms in total. The number of anilines is 1. The number of hydrogen-bond acceptors (Lipinski definition) is 3. The number of halogens is 1. The van der Waals surface area contributed by atoms with Crippen molar-refractivity contribution in [2.75, 3.05) is 25.6 Å². The van der Waals surface area contributed by atoms with Crippen molar-refractivity contribution in [1.29, 1.82) is 5.26 Å². The van der Waals surface area contributed by atoms with Crippen LogP contribution in [0.4, 0.5) is 5.69 Å². The number of aromatic nitrogens is 1. The molecule has 0 N–H and O–H groups in total. The van der Waals surface area contributed by atoms with Crippen molar-refractivity contribution in [3.8, 4) is 34.2 Å². The van der Waals surface area contributed by atoms with Crippen LogP contribution in [-0.2, 0) is 7.05 Å². The van der Waals surface area contributed by atoms with E-state index >= 15 is 0 Å². The molecule has 1 heterocycles. The van der Waals surface area contributed by atoms with Crippen LogP contribution in [0.1, 0.15) is 24.1 Å². The van der Waals surface area contributed by atoms with Gasteiger partial charge in [-0.1, -0.05) is 40.2 Å². The summed E-state index contributed by atoms with van der Waals surface area (Å²) in [4.78, 5) is 2.19. The Morgan fingerprint density at radius 2 is 1.57 bits per heavy atom. The molecule has 0 spiro atoms. The molecule has 0 saturated heterocycles. The Balaban J connectivity index is 1.67. The second-order valence-corrected chi connectivity index (χ2v) is 9.87. The number of methoxy groups -OCH3 is 1. The van der Waals surface area contributed by atoms with E-state index < -0.39 is 0 Å². The topological polar surface area (TPSA) is 40.1 Å². The SMILES string of the molecule is COc1ccc(-c2cc(/C=C/c3ccc(N(C)CCCC#N)cc3)[n+](C)c(-c3ccc(Br)cc3)c2)cc1. The third-order valence-electron chi connectivity index (χ3n) is 6.47. The summed E-state index contributed by atoms with van der Waals surface area (Å²) in [6.07, 6.45) is 5.77. The van der Waals surface area contributed by atoms with E-state index in [1.807, 2.05) is 12.1 Å². The maximum Gasteiger partial charge on any atom is 0.213 e. The number of benzene rings is 3. The maximum atomic E-state index is 8.77. The van der Waals surface area contributed by atoms with Crippen molar-refractivity contribution in [2.24, 2.45) is 7.05 Å². The molecule has 5 heteroatoms. The zero-order valence-electron chi connectivity index (χ0n) is 21.5. The van der Waals surface area contributed by atoms with Crippen LogP contribution < -0.4 is 14.2 Å². The van der Waals surface area contributed by atoms with Crippen LogP contribution in [-0.4, -0.2) is 20.7 Å². The molecular weight excluding hydrogens is 522 g/mol. The van der Waals surface area contributed by atoms with E-state index in [0.717, 1.165) is 62.5 Å². The lowest BCUT2D eigenvalue weighted by molar-refractivity contribution is -0.662. The predicted octanol–water partition coefficient (Wildman–Crippen LogP) is 7.53. The Labute approximate surface area is 228 Å². The van der Waals surface area contributed by atoms with Gasteiger partial charge in [-0.05, 0) is 77.7 Å². The first-order chi connectivity index (χ1) is 18.0. The minimum atomic E-state index is 0.583. The van der Waals surface area contributed by atoms with Gasteiger partial charge in [-0.15, -0.1) is 0 Å². The molecule has 0 aliphatic heterocycles. The molecule has 0 aliphatic carbocycles. The van der Waals surface area contributed by atoms with Gasteiger partial charge >= 0.3 is 0 Å². The van der Waals surface area contributed by atoms with E-state index in [9.17, 15) is 0 Å². The predicted molar refractivity (Wildman–Crippen MR) is 156 cm³/mol. The monoisotopic (exact) mass is 552 g/mol. The van der Waals surface area contributed by atoms with Crippen molar-refractivity contribution < 1.29 is 9.30 Å². The van der Waals surface area contributed by atoms with Crippen LogP contribution in [0.5, 0.6) is 5.75 Å². The first-order valence-electron chi connectivity index (χ1n) is 12.3. The highest BCUT2D eigenvalue weighted by Gasteiger charge is 2.17. The van der Waals surface area contributed by atoms with E-state index in [2.05, 4.69) is 131 Å². The van der Waals surface area contributed by atoms with Gasteiger partial charge in [0.25, 0.3) is 0 Å². The first-order valence-corrected chi connectivity index (χ1v) is 13.1. The van der Waals surface area contributed by atoms with Crippen LogP contribution >= 0.6 is 15.9 Å². The second kappa shape index (κ2) is 12.4. The van der Waals surface area contributed by atoms with E-state index in [1.165, 1.54) is 0 Å². The number of ether oxygens (including phenoxy) is 1. The number of rotatable bonds is 9. The Hall–Kier alpha value is -3.88. The van der Waals surface area contributed by atoms with Crippen LogP contribution in [0.15, 0.2) is 89.4 Å². The largest absolute Gasteiger partial charge is 0.497 e. The van der Waals surface area contributed by atoms with Crippen molar-refractivity contribution in [1.82, 2.24) is 0 Å². The van der Waals surface area contributed by atoms with Crippen LogP contribution in [0, 0.1) is 11.3 Å². The van der Waals surface area contributed by atoms with Gasteiger partial charge in [0.2, 0.25) is 11.4 Å². The second-order valence-electron chi connectivity index (χ2n) is 8.96. The summed E-state index contributed by atoms with van der Waals surface area (Å²) >= 11 is 3.55. The summed E-state index contributed by atoms with van der Waals surface area (Å²) in [5, 5.41) is 8.77. The molecule has 0 aliphatic rings. The summed E-state index contributed by atoms with van der Waals surface area (Å²) < 4.78 is 8.64. The molecular formula is C32H31BrN3O+. The zero-order valence-corrected chi connectivity index (χ0v) is 23.1. The van der Waals surface area contributed by atoms with Crippen molar-refractivity contribution >= 4 is 33.8 Å². The summed E-state index contributed by atoms with van der Waals surface area (Å²) in [5.74, 6) is 0.845. The third kappa shape index (κ3) is 6.67. The molecule has 4 aromatic rings. The summed E-state index contributed by atoms with van der Waals surface area (Å²) in [7, 11) is 5.86. The minimum absolute atomic E-state index is 0.583. The molecule has 3 aromatic carbocycles. The summed E-state index contributed by atoms with van der Waals surface area (Å²) in [6.45, 7) is 0.871. The van der Waals surface area contributed by atoms with Crippen molar-refractivity contribution in [2.45, 2.75) is 12.8 Å². The van der Waals surface area contributed by atoms with Crippen LogP contribution in [0.3, 0.4) is 0 Å². The lowest BCUT2D eigenvalue weighted by atomic mass is 10.0. The van der Waals surface area contributed by atoms with Crippen LogP contribution in [0.2, 0.25) is 0 Å². The number of hydrogen-bond donors (Lipinski definition) is 0. The molecule has 0 saturated carbocycles. The lowest BCUT2D eigenvalue weighted by Gasteiger charge is -2.18. The van der Waals surface area contributed by atoms with Crippen molar-refractivity contribution in [3.05, 3.63) is 101 Å². The summed E-state index contributed by atoms with van der Waals surface area (Å²) in [5.41, 5.74) is 7.96. The number of pyridine rings is 1. The number of nitriles is 1. The fourth-order valence-electron chi connectivity index (χ4n) is 4.23. The van der Waals surface area contributed by atoms with E-state index in [-0.39, 0.29) is 0 Å². The first kappa shape index (κ1) is 26.2. The lowest BCUT2D eigenvalue weighted by Crippen LogP contribution is -2.34. The normalized spacial score (nSPS) is 10.9. The van der Waals surface area contributed by atoms with E-state index in [1.54, 1.807) is 7.11 Å². The molecule has 0 unspecified atom stereocenters. The molecule has 4 rings (SSSR count). The average molecular weight is 554 g/mol. The molecule has 0 radical (unpaired) electrons. The maximum absolute atomic E-state index is 8.77. The Bertz CT molecular complexity index is 1400. The van der Waals surface area contributed by atoms with Gasteiger partial charge in [0.15, 0.2) is 0 Å². The molecule has 186 valence electrons. The van der Waals surface area contributed by atoms with Gasteiger partial charge in [0.1, 0.15) is 12.8 Å². The zero-order chi connectivity index (χ0) is 26.2. The molecule has 0 atom stereocenters. The van der Waals surface area contributed by atoms with Gasteiger partial charge in [0, 0.05) is 53.9 Å². The van der Waals surface area contributed by atoms with Gasteiger partial charge < -0.3 is 9.64 Å². The molecule has 0 bridgehead atoms. The van der Waals surface area contributed by atoms with E-state index in [4.69, 9.17) is 10.00 Å². The van der Waals surface area contributed by atoms with Gasteiger partial charge in [-0.2, -0.15) is 9.83 Å². The van der Waals surface area contributed by atoms with Gasteiger partial charge in [-0.3, -0.25) is 0 Å². The Kier molecular flexibility index (Phi) is 8.77. The Morgan fingerprint density at radius 1 is 0.892 bits per heavy atom. The minimum Gasteiger partial charge on any atom is -0.497 e. The standard InChI is InChI=1S/C32H31BrN3O/c1-35(21-5-4-20-34)29-15-6-24(7-16-29)8-17-30-22-27(25-11-18-31(37-3)19-12-25)23-32(36(30)2)26-9-13-28(33)14-10-26/h6-19,22-23H,4-5,21H2,1-3H3/q+1. The molecule has 37 heavy (non-hydrogen) atoms. The highest BCUT2D eigenvalue weighted by Crippen LogP contribution is 2.28. The summed E-state index contributed by atoms with van der Waals surface area (Å²) in [6, 6.07) is 31.8. The number of nitrogens with zero attached hydrogens (tertiary/aromatic N) is 3. The molecule has 1 aromatic heterocycles.